The minimum Gasteiger partial charge on any atom is -0.317 e. The summed E-state index contributed by atoms with van der Waals surface area (Å²) in [5.41, 5.74) is 0. The first kappa shape index (κ1) is 6.55. The molecule has 0 atom stereocenters. The highest BCUT2D eigenvalue weighted by molar-refractivity contribution is 6.23. The fourth-order valence-corrected chi connectivity index (χ4v) is 1.47. The summed E-state index contributed by atoms with van der Waals surface area (Å²) in [4.78, 5) is 0. The molecule has 0 bridgehead atoms. The number of hydrogen-bond donors (Lipinski definition) is 0. The molecule has 1 saturated carbocycles. The third-order valence-corrected chi connectivity index (χ3v) is 2.12. The number of alkyl halides is 1. The van der Waals surface area contributed by atoms with Crippen molar-refractivity contribution in [3.8, 4) is 0 Å². The van der Waals surface area contributed by atoms with E-state index in [0.717, 1.165) is 12.8 Å². The smallest absolute Gasteiger partial charge is 0.317 e. The fourth-order valence-electron chi connectivity index (χ4n) is 1.30. The average Bonchev–Trinajstić information content (AvgIpc) is 2.47. The van der Waals surface area contributed by atoms with Crippen LogP contribution >= 0.6 is 11.6 Å². The molecule has 0 radical (unpaired) electrons. The number of ether oxygens (including phenoxy) is 1. The summed E-state index contributed by atoms with van der Waals surface area (Å²) >= 11 is 5.67. The standard InChI is InChI=1S/C6H9ClN2O/c7-6(8-9-6)10-5-3-1-2-4-5/h5H,1-4H2. The molecule has 0 saturated heterocycles. The molecule has 1 heterocycles. The van der Waals surface area contributed by atoms with Gasteiger partial charge in [0.25, 0.3) is 0 Å². The number of rotatable bonds is 2. The zero-order valence-corrected chi connectivity index (χ0v) is 6.34. The van der Waals surface area contributed by atoms with E-state index in [1.807, 2.05) is 0 Å². The van der Waals surface area contributed by atoms with Gasteiger partial charge >= 0.3 is 5.31 Å². The van der Waals surface area contributed by atoms with Gasteiger partial charge in [-0.25, -0.2) is 0 Å². The molecule has 0 spiro atoms. The van der Waals surface area contributed by atoms with Crippen LogP contribution in [-0.2, 0) is 4.74 Å². The number of halogens is 1. The van der Waals surface area contributed by atoms with Gasteiger partial charge in [-0.2, -0.15) is 0 Å². The van der Waals surface area contributed by atoms with Gasteiger partial charge in [-0.05, 0) is 24.4 Å². The van der Waals surface area contributed by atoms with Crippen LogP contribution in [0.25, 0.3) is 0 Å². The lowest BCUT2D eigenvalue weighted by Gasteiger charge is -2.10. The van der Waals surface area contributed by atoms with Crippen molar-refractivity contribution in [3.05, 3.63) is 0 Å². The molecule has 0 aromatic heterocycles. The summed E-state index contributed by atoms with van der Waals surface area (Å²) in [5, 5.41) is 6.17. The average molecular weight is 161 g/mol. The van der Waals surface area contributed by atoms with Crippen molar-refractivity contribution in [3.63, 3.8) is 0 Å². The summed E-state index contributed by atoms with van der Waals surface area (Å²) in [6.45, 7) is 0. The van der Waals surface area contributed by atoms with E-state index in [-0.39, 0.29) is 0 Å². The monoisotopic (exact) mass is 160 g/mol. The van der Waals surface area contributed by atoms with Gasteiger partial charge < -0.3 is 4.74 Å². The van der Waals surface area contributed by atoms with Crippen LogP contribution < -0.4 is 0 Å². The van der Waals surface area contributed by atoms with Crippen LogP contribution in [0.1, 0.15) is 25.7 Å². The van der Waals surface area contributed by atoms with Gasteiger partial charge in [0, 0.05) is 0 Å². The Morgan fingerprint density at radius 3 is 2.40 bits per heavy atom. The van der Waals surface area contributed by atoms with Crippen LogP contribution in [0.15, 0.2) is 10.2 Å². The van der Waals surface area contributed by atoms with Gasteiger partial charge in [0.15, 0.2) is 0 Å². The molecule has 1 aliphatic carbocycles. The van der Waals surface area contributed by atoms with Crippen molar-refractivity contribution in [1.29, 1.82) is 0 Å². The van der Waals surface area contributed by atoms with Crippen molar-refractivity contribution >= 4 is 11.6 Å². The zero-order chi connectivity index (χ0) is 7.03. The van der Waals surface area contributed by atoms with E-state index in [0.29, 0.717) is 6.10 Å². The summed E-state index contributed by atoms with van der Waals surface area (Å²) in [7, 11) is 0. The van der Waals surface area contributed by atoms with E-state index in [1.165, 1.54) is 12.8 Å². The van der Waals surface area contributed by atoms with Crippen molar-refractivity contribution in [2.24, 2.45) is 10.2 Å². The normalized spacial score (nSPS) is 29.3. The maximum Gasteiger partial charge on any atom is 0.375 e. The lowest BCUT2D eigenvalue weighted by molar-refractivity contribution is 0.0112. The molecule has 2 aliphatic rings. The molecule has 56 valence electrons. The third kappa shape index (κ3) is 1.30. The molecule has 0 amide bonds. The van der Waals surface area contributed by atoms with Crippen molar-refractivity contribution in [1.82, 2.24) is 0 Å². The molecule has 2 rings (SSSR count). The molecular formula is C6H9ClN2O. The predicted molar refractivity (Wildman–Crippen MR) is 36.8 cm³/mol. The Bertz CT molecular complexity index is 159. The van der Waals surface area contributed by atoms with E-state index in [9.17, 15) is 0 Å². The molecule has 0 N–H and O–H groups in total. The minimum absolute atomic E-state index is 0.299. The molecule has 0 aromatic rings. The van der Waals surface area contributed by atoms with Crippen LogP contribution in [-0.4, -0.2) is 11.4 Å². The lowest BCUT2D eigenvalue weighted by Crippen LogP contribution is -2.16. The van der Waals surface area contributed by atoms with Gasteiger partial charge in [0.1, 0.15) is 0 Å². The van der Waals surface area contributed by atoms with E-state index in [4.69, 9.17) is 16.3 Å². The maximum atomic E-state index is 5.67. The number of hydrogen-bond acceptors (Lipinski definition) is 3. The van der Waals surface area contributed by atoms with E-state index in [1.54, 1.807) is 0 Å². The highest BCUT2D eigenvalue weighted by Crippen LogP contribution is 2.38. The van der Waals surface area contributed by atoms with Crippen LogP contribution in [0, 0.1) is 0 Å². The Labute approximate surface area is 64.4 Å². The lowest BCUT2D eigenvalue weighted by atomic mass is 10.3. The van der Waals surface area contributed by atoms with Gasteiger partial charge in [-0.1, -0.05) is 12.8 Å². The second kappa shape index (κ2) is 2.17. The van der Waals surface area contributed by atoms with E-state index < -0.39 is 5.31 Å². The first-order valence-corrected chi connectivity index (χ1v) is 3.97. The molecule has 3 nitrogen and oxygen atoms in total. The maximum absolute atomic E-state index is 5.67. The zero-order valence-electron chi connectivity index (χ0n) is 5.59. The Morgan fingerprint density at radius 2 is 1.90 bits per heavy atom. The second-order valence-electron chi connectivity index (χ2n) is 2.75. The van der Waals surface area contributed by atoms with Crippen molar-refractivity contribution in [2.45, 2.75) is 37.1 Å². The molecular weight excluding hydrogens is 152 g/mol. The Kier molecular flexibility index (Phi) is 1.42. The van der Waals surface area contributed by atoms with E-state index >= 15 is 0 Å². The summed E-state index contributed by atoms with van der Waals surface area (Å²) < 4.78 is 5.34. The van der Waals surface area contributed by atoms with Gasteiger partial charge in [0.05, 0.1) is 6.10 Å². The quantitative estimate of drug-likeness (QED) is 0.451. The molecule has 0 aromatic carbocycles. The molecule has 1 fully saturated rings. The summed E-state index contributed by atoms with van der Waals surface area (Å²) in [6.07, 6.45) is 5.02. The largest absolute Gasteiger partial charge is 0.375 e. The summed E-state index contributed by atoms with van der Waals surface area (Å²) in [5.74, 6) is 0. The fraction of sp³-hybridized carbons (Fsp3) is 1.00. The summed E-state index contributed by atoms with van der Waals surface area (Å²) in [6, 6.07) is 0. The van der Waals surface area contributed by atoms with Gasteiger partial charge in [0.2, 0.25) is 0 Å². The van der Waals surface area contributed by atoms with Crippen LogP contribution in [0.2, 0.25) is 0 Å². The van der Waals surface area contributed by atoms with Gasteiger partial charge in [-0.15, -0.1) is 10.2 Å². The number of nitrogens with zero attached hydrogens (tertiary/aromatic N) is 2. The molecule has 0 unspecified atom stereocenters. The Balaban J connectivity index is 1.79. The SMILES string of the molecule is ClC1(OC2CCCC2)N=N1. The third-order valence-electron chi connectivity index (χ3n) is 1.88. The van der Waals surface area contributed by atoms with Crippen LogP contribution in [0.3, 0.4) is 0 Å². The molecule has 1 aliphatic heterocycles. The van der Waals surface area contributed by atoms with Crippen molar-refractivity contribution in [2.75, 3.05) is 0 Å². The van der Waals surface area contributed by atoms with Crippen LogP contribution in [0.5, 0.6) is 0 Å². The van der Waals surface area contributed by atoms with E-state index in [2.05, 4.69) is 10.2 Å². The second-order valence-corrected chi connectivity index (χ2v) is 3.25. The Hall–Kier alpha value is -0.150. The highest BCUT2D eigenvalue weighted by Gasteiger charge is 2.42. The topological polar surface area (TPSA) is 34.0 Å². The van der Waals surface area contributed by atoms with Crippen LogP contribution in [0.4, 0.5) is 0 Å². The minimum atomic E-state index is -0.963. The Morgan fingerprint density at radius 1 is 1.30 bits per heavy atom. The van der Waals surface area contributed by atoms with Crippen molar-refractivity contribution < 1.29 is 4.74 Å². The predicted octanol–water partition coefficient (Wildman–Crippen LogP) is 2.26. The first-order valence-electron chi connectivity index (χ1n) is 3.59. The molecule has 10 heavy (non-hydrogen) atoms. The highest BCUT2D eigenvalue weighted by atomic mass is 35.5. The molecule has 4 heteroatoms. The van der Waals surface area contributed by atoms with Gasteiger partial charge in [-0.3, -0.25) is 0 Å². The first-order chi connectivity index (χ1) is 4.79.